The molecule has 0 radical (unpaired) electrons. The van der Waals surface area contributed by atoms with Crippen molar-refractivity contribution < 1.29 is 0 Å². The summed E-state index contributed by atoms with van der Waals surface area (Å²) in [5.41, 5.74) is 5.70. The SMILES string of the molecule is CC(C)(C)c1cc(-c2cc3sc4ccccc4c3cc2C(C)(C)C)c2c(c1)sc1ccccc12. The van der Waals surface area contributed by atoms with Gasteiger partial charge in [-0.2, -0.15) is 0 Å². The van der Waals surface area contributed by atoms with E-state index in [0.29, 0.717) is 0 Å². The Morgan fingerprint density at radius 1 is 0.500 bits per heavy atom. The first-order valence-corrected chi connectivity index (χ1v) is 13.7. The van der Waals surface area contributed by atoms with Crippen molar-refractivity contribution >= 4 is 63.0 Å². The molecule has 0 saturated heterocycles. The molecule has 0 nitrogen and oxygen atoms in total. The molecule has 2 heteroatoms. The zero-order valence-electron chi connectivity index (χ0n) is 20.7. The predicted molar refractivity (Wildman–Crippen MR) is 155 cm³/mol. The minimum absolute atomic E-state index is 0.0302. The van der Waals surface area contributed by atoms with Gasteiger partial charge in [-0.3, -0.25) is 0 Å². The van der Waals surface area contributed by atoms with Gasteiger partial charge in [0.05, 0.1) is 0 Å². The van der Waals surface area contributed by atoms with Crippen molar-refractivity contribution in [3.8, 4) is 11.1 Å². The molecule has 6 aromatic rings. The van der Waals surface area contributed by atoms with Crippen LogP contribution in [0.15, 0.2) is 72.8 Å². The van der Waals surface area contributed by atoms with Gasteiger partial charge < -0.3 is 0 Å². The third-order valence-corrected chi connectivity index (χ3v) is 9.21. The lowest BCUT2D eigenvalue weighted by Gasteiger charge is -2.26. The van der Waals surface area contributed by atoms with E-state index in [0.717, 1.165) is 0 Å². The molecule has 0 spiro atoms. The van der Waals surface area contributed by atoms with Gasteiger partial charge in [0.15, 0.2) is 0 Å². The van der Waals surface area contributed by atoms with E-state index in [1.54, 1.807) is 0 Å². The van der Waals surface area contributed by atoms with Crippen LogP contribution in [0.2, 0.25) is 0 Å². The minimum atomic E-state index is 0.0302. The quantitative estimate of drug-likeness (QED) is 0.220. The number of thiophene rings is 2. The summed E-state index contributed by atoms with van der Waals surface area (Å²) in [6.07, 6.45) is 0. The van der Waals surface area contributed by atoms with Crippen LogP contribution in [0.5, 0.6) is 0 Å². The third-order valence-electron chi connectivity index (χ3n) is 6.96. The maximum Gasteiger partial charge on any atom is 0.0364 e. The normalized spacial score (nSPS) is 13.0. The number of fused-ring (bicyclic) bond motifs is 6. The molecule has 0 atom stereocenters. The van der Waals surface area contributed by atoms with Gasteiger partial charge in [0.2, 0.25) is 0 Å². The van der Waals surface area contributed by atoms with Gasteiger partial charge in [-0.25, -0.2) is 0 Å². The number of hydrogen-bond acceptors (Lipinski definition) is 2. The smallest absolute Gasteiger partial charge is 0.0364 e. The Balaban J connectivity index is 1.79. The number of benzene rings is 4. The Morgan fingerprint density at radius 3 is 1.79 bits per heavy atom. The van der Waals surface area contributed by atoms with Gasteiger partial charge in [0.1, 0.15) is 0 Å². The Morgan fingerprint density at radius 2 is 1.12 bits per heavy atom. The highest BCUT2D eigenvalue weighted by Gasteiger charge is 2.25. The fraction of sp³-hybridized carbons (Fsp3) is 0.250. The van der Waals surface area contributed by atoms with Crippen molar-refractivity contribution in [2.75, 3.05) is 0 Å². The molecule has 0 unspecified atom stereocenters. The molecular formula is C32H30S2. The fourth-order valence-corrected chi connectivity index (χ4v) is 7.41. The molecule has 2 heterocycles. The molecule has 2 aromatic heterocycles. The lowest BCUT2D eigenvalue weighted by atomic mass is 9.78. The van der Waals surface area contributed by atoms with Crippen LogP contribution < -0.4 is 0 Å². The second kappa shape index (κ2) is 7.41. The van der Waals surface area contributed by atoms with Crippen molar-refractivity contribution in [1.82, 2.24) is 0 Å². The van der Waals surface area contributed by atoms with Crippen molar-refractivity contribution in [2.45, 2.75) is 52.4 Å². The highest BCUT2D eigenvalue weighted by atomic mass is 32.1. The molecule has 4 aromatic carbocycles. The molecule has 0 fully saturated rings. The Bertz CT molecular complexity index is 1710. The van der Waals surface area contributed by atoms with Crippen molar-refractivity contribution in [2.24, 2.45) is 0 Å². The van der Waals surface area contributed by atoms with Crippen molar-refractivity contribution in [1.29, 1.82) is 0 Å². The Labute approximate surface area is 209 Å². The van der Waals surface area contributed by atoms with Crippen LogP contribution in [-0.2, 0) is 10.8 Å². The fourth-order valence-electron chi connectivity index (χ4n) is 5.11. The number of hydrogen-bond donors (Lipinski definition) is 0. The molecule has 170 valence electrons. The van der Waals surface area contributed by atoms with E-state index >= 15 is 0 Å². The van der Waals surface area contributed by atoms with Crippen LogP contribution in [0.4, 0.5) is 0 Å². The number of rotatable bonds is 1. The first-order valence-electron chi connectivity index (χ1n) is 12.0. The van der Waals surface area contributed by atoms with Crippen molar-refractivity contribution in [3.63, 3.8) is 0 Å². The third kappa shape index (κ3) is 3.39. The van der Waals surface area contributed by atoms with E-state index < -0.39 is 0 Å². The van der Waals surface area contributed by atoms with Gasteiger partial charge >= 0.3 is 0 Å². The first kappa shape index (κ1) is 21.8. The summed E-state index contributed by atoms with van der Waals surface area (Å²) in [7, 11) is 0. The first-order chi connectivity index (χ1) is 16.1. The van der Waals surface area contributed by atoms with Gasteiger partial charge in [-0.1, -0.05) is 77.9 Å². The van der Waals surface area contributed by atoms with E-state index in [4.69, 9.17) is 0 Å². The van der Waals surface area contributed by atoms with E-state index in [9.17, 15) is 0 Å². The molecule has 0 bridgehead atoms. The van der Waals surface area contributed by atoms with Gasteiger partial charge in [0.25, 0.3) is 0 Å². The van der Waals surface area contributed by atoms with E-state index in [1.165, 1.54) is 62.6 Å². The highest BCUT2D eigenvalue weighted by molar-refractivity contribution is 7.26. The second-order valence-corrected chi connectivity index (χ2v) is 13.7. The summed E-state index contributed by atoms with van der Waals surface area (Å²) in [6, 6.07) is 27.6. The molecule has 0 N–H and O–H groups in total. The van der Waals surface area contributed by atoms with Gasteiger partial charge in [-0.15, -0.1) is 22.7 Å². The summed E-state index contributed by atoms with van der Waals surface area (Å²) in [5, 5.41) is 5.52. The van der Waals surface area contributed by atoms with Crippen LogP contribution in [0.3, 0.4) is 0 Å². The van der Waals surface area contributed by atoms with Crippen LogP contribution in [0.1, 0.15) is 52.7 Å². The lowest BCUT2D eigenvalue weighted by molar-refractivity contribution is 0.590. The molecule has 0 aliphatic carbocycles. The highest BCUT2D eigenvalue weighted by Crippen LogP contribution is 2.47. The summed E-state index contributed by atoms with van der Waals surface area (Å²) >= 11 is 3.84. The monoisotopic (exact) mass is 478 g/mol. The van der Waals surface area contributed by atoms with Crippen LogP contribution in [0.25, 0.3) is 51.5 Å². The van der Waals surface area contributed by atoms with Crippen LogP contribution >= 0.6 is 22.7 Å². The topological polar surface area (TPSA) is 0 Å². The van der Waals surface area contributed by atoms with E-state index in [2.05, 4.69) is 114 Å². The van der Waals surface area contributed by atoms with E-state index in [1.807, 2.05) is 22.7 Å². The maximum atomic E-state index is 2.48. The Hall–Kier alpha value is -2.68. The average molecular weight is 479 g/mol. The average Bonchev–Trinajstić information content (AvgIpc) is 3.34. The summed E-state index contributed by atoms with van der Waals surface area (Å²) < 4.78 is 5.49. The predicted octanol–water partition coefficient (Wildman–Crippen LogP) is 10.7. The molecule has 34 heavy (non-hydrogen) atoms. The molecule has 6 rings (SSSR count). The van der Waals surface area contributed by atoms with Gasteiger partial charge in [-0.05, 0) is 69.5 Å². The lowest BCUT2D eigenvalue weighted by Crippen LogP contribution is -2.14. The molecule has 0 aliphatic rings. The minimum Gasteiger partial charge on any atom is -0.135 e. The largest absolute Gasteiger partial charge is 0.135 e. The van der Waals surface area contributed by atoms with Crippen molar-refractivity contribution in [3.05, 3.63) is 83.9 Å². The van der Waals surface area contributed by atoms with Crippen LogP contribution in [0, 0.1) is 0 Å². The second-order valence-electron chi connectivity index (χ2n) is 11.5. The summed E-state index contributed by atoms with van der Waals surface area (Å²) in [5.74, 6) is 0. The van der Waals surface area contributed by atoms with Crippen LogP contribution in [-0.4, -0.2) is 0 Å². The summed E-state index contributed by atoms with van der Waals surface area (Å²) in [4.78, 5) is 0. The van der Waals surface area contributed by atoms with E-state index in [-0.39, 0.29) is 10.8 Å². The Kier molecular flexibility index (Phi) is 4.76. The molecular weight excluding hydrogens is 448 g/mol. The zero-order valence-corrected chi connectivity index (χ0v) is 22.4. The molecule has 0 aliphatic heterocycles. The van der Waals surface area contributed by atoms with Gasteiger partial charge in [0, 0.05) is 40.3 Å². The zero-order chi connectivity index (χ0) is 23.8. The molecule has 0 saturated carbocycles. The maximum absolute atomic E-state index is 2.48. The standard InChI is InChI=1S/C32H30S2/c1-31(2,3)19-15-24(30-21-12-8-10-14-27(21)34-29(30)16-19)22-18-28-23(17-25(22)32(4,5)6)20-11-7-9-13-26(20)33-28/h7-18H,1-6H3. The summed E-state index contributed by atoms with van der Waals surface area (Å²) in [6.45, 7) is 14.0. The molecule has 0 amide bonds.